The molecule has 2 nitrogen and oxygen atoms in total. The van der Waals surface area contributed by atoms with E-state index >= 15 is 0 Å². The normalized spacial score (nSPS) is 17.8. The van der Waals surface area contributed by atoms with Crippen LogP contribution in [-0.4, -0.2) is 23.4 Å². The van der Waals surface area contributed by atoms with Crippen molar-refractivity contribution in [3.8, 4) is 0 Å². The zero-order valence-electron chi connectivity index (χ0n) is 15.5. The van der Waals surface area contributed by atoms with Crippen LogP contribution in [0.5, 0.6) is 0 Å². The van der Waals surface area contributed by atoms with Crippen LogP contribution < -0.4 is 0 Å². The molecule has 3 rings (SSSR count). The molecule has 1 heterocycles. The summed E-state index contributed by atoms with van der Waals surface area (Å²) in [4.78, 5) is 14.3. The molecule has 1 fully saturated rings. The summed E-state index contributed by atoms with van der Waals surface area (Å²) in [6, 6.07) is 7.50. The number of rotatable bonds is 3. The second-order valence-electron chi connectivity index (χ2n) is 7.09. The summed E-state index contributed by atoms with van der Waals surface area (Å²) in [5, 5.41) is 0.533. The Morgan fingerprint density at radius 3 is 2.07 bits per heavy atom. The van der Waals surface area contributed by atoms with E-state index in [1.807, 2.05) is 6.42 Å². The molecule has 9 heteroatoms. The first-order valence-corrected chi connectivity index (χ1v) is 9.49. The lowest BCUT2D eigenvalue weighted by Crippen LogP contribution is -2.45. The van der Waals surface area contributed by atoms with Gasteiger partial charge in [-0.1, -0.05) is 23.7 Å². The summed E-state index contributed by atoms with van der Waals surface area (Å²) >= 11 is 5.86. The number of hydrogen-bond donors (Lipinski definition) is 0. The molecule has 1 aliphatic rings. The summed E-state index contributed by atoms with van der Waals surface area (Å²) in [6.07, 6.45) is -6.65. The van der Waals surface area contributed by atoms with Crippen LogP contribution in [0.15, 0.2) is 42.5 Å². The van der Waals surface area contributed by atoms with Crippen molar-refractivity contribution in [3.05, 3.63) is 76.2 Å². The van der Waals surface area contributed by atoms with Crippen molar-refractivity contribution in [2.24, 2.45) is 0 Å². The van der Waals surface area contributed by atoms with Gasteiger partial charge in [-0.25, -0.2) is 0 Å². The minimum atomic E-state index is -5.01. The van der Waals surface area contributed by atoms with Crippen molar-refractivity contribution >= 4 is 17.5 Å². The van der Waals surface area contributed by atoms with Gasteiger partial charge in [0.1, 0.15) is 0 Å². The van der Waals surface area contributed by atoms with Gasteiger partial charge < -0.3 is 4.90 Å². The topological polar surface area (TPSA) is 20.3 Å². The number of piperidine rings is 1. The summed E-state index contributed by atoms with van der Waals surface area (Å²) in [7, 11) is 0. The quantitative estimate of drug-likeness (QED) is 0.495. The molecule has 1 radical (unpaired) electrons. The molecule has 0 spiro atoms. The van der Waals surface area contributed by atoms with Crippen LogP contribution in [0.1, 0.15) is 39.9 Å². The molecule has 30 heavy (non-hydrogen) atoms. The van der Waals surface area contributed by atoms with Gasteiger partial charge in [-0.2, -0.15) is 26.3 Å². The Hall–Kier alpha value is -2.22. The fraction of sp³-hybridized carbons (Fsp3) is 0.333. The Labute approximate surface area is 174 Å². The van der Waals surface area contributed by atoms with E-state index in [2.05, 4.69) is 0 Å². The molecule has 2 aromatic rings. The van der Waals surface area contributed by atoms with Gasteiger partial charge >= 0.3 is 12.4 Å². The standard InChI is InChI=1S/C21H17ClF6NO/c22-17-6-4-13(5-7-17)9-18-3-1-2-8-29(18)19(30)14-10-15(20(23,24)25)12-16(11-14)21(26,27)28/h1,4-7,10-12,18H,2-3,8-9H2. The lowest BCUT2D eigenvalue weighted by Gasteiger charge is -2.36. The number of hydrogen-bond acceptors (Lipinski definition) is 1. The minimum absolute atomic E-state index is 0.0198. The van der Waals surface area contributed by atoms with Crippen molar-refractivity contribution in [3.63, 3.8) is 0 Å². The average molecular weight is 449 g/mol. The summed E-state index contributed by atoms with van der Waals surface area (Å²) < 4.78 is 78.8. The molecule has 1 unspecified atom stereocenters. The van der Waals surface area contributed by atoms with Crippen LogP contribution >= 0.6 is 11.6 Å². The number of likely N-dealkylation sites (tertiary alicyclic amines) is 1. The molecular formula is C21H17ClF6NO. The number of amides is 1. The SMILES string of the molecule is O=C(c1cc(C(F)(F)F)cc(C(F)(F)F)c1)N1CC[CH]CC1Cc1ccc(Cl)cc1. The zero-order chi connectivity index (χ0) is 22.1. The first kappa shape index (κ1) is 22.5. The van der Waals surface area contributed by atoms with Crippen LogP contribution in [0.25, 0.3) is 0 Å². The van der Waals surface area contributed by atoms with Crippen LogP contribution in [0.2, 0.25) is 5.02 Å². The molecule has 0 bridgehead atoms. The van der Waals surface area contributed by atoms with Gasteiger partial charge in [-0.05, 0) is 61.6 Å². The largest absolute Gasteiger partial charge is 0.416 e. The van der Waals surface area contributed by atoms with Gasteiger partial charge in [0.25, 0.3) is 5.91 Å². The summed E-state index contributed by atoms with van der Waals surface area (Å²) in [5.74, 6) is -0.848. The van der Waals surface area contributed by atoms with E-state index in [1.54, 1.807) is 24.3 Å². The van der Waals surface area contributed by atoms with E-state index < -0.39 is 35.0 Å². The monoisotopic (exact) mass is 448 g/mol. The molecule has 161 valence electrons. The van der Waals surface area contributed by atoms with E-state index in [0.717, 1.165) is 5.56 Å². The summed E-state index contributed by atoms with van der Waals surface area (Å²) in [6.45, 7) is 0.217. The van der Waals surface area contributed by atoms with Gasteiger partial charge in [0.05, 0.1) is 11.1 Å². The van der Waals surface area contributed by atoms with Gasteiger partial charge in [-0.3, -0.25) is 4.79 Å². The Kier molecular flexibility index (Phi) is 6.36. The number of carbonyl (C=O) groups excluding carboxylic acids is 1. The van der Waals surface area contributed by atoms with E-state index in [9.17, 15) is 31.1 Å². The van der Waals surface area contributed by atoms with E-state index in [4.69, 9.17) is 11.6 Å². The predicted molar refractivity (Wildman–Crippen MR) is 100.0 cm³/mol. The average Bonchev–Trinajstić information content (AvgIpc) is 2.68. The molecule has 2 aromatic carbocycles. The van der Waals surface area contributed by atoms with Gasteiger partial charge in [0.15, 0.2) is 0 Å². The van der Waals surface area contributed by atoms with Crippen molar-refractivity contribution < 1.29 is 31.1 Å². The highest BCUT2D eigenvalue weighted by atomic mass is 35.5. The Bertz CT molecular complexity index is 875. The zero-order valence-corrected chi connectivity index (χ0v) is 16.3. The van der Waals surface area contributed by atoms with E-state index in [1.165, 1.54) is 4.90 Å². The third-order valence-electron chi connectivity index (χ3n) is 4.93. The Morgan fingerprint density at radius 2 is 1.53 bits per heavy atom. The van der Waals surface area contributed by atoms with E-state index in [-0.39, 0.29) is 18.7 Å². The third kappa shape index (κ3) is 5.28. The van der Waals surface area contributed by atoms with Crippen molar-refractivity contribution in [1.82, 2.24) is 4.90 Å². The molecule has 0 N–H and O–H groups in total. The summed E-state index contributed by atoms with van der Waals surface area (Å²) in [5.41, 5.74) is -2.77. The highest BCUT2D eigenvalue weighted by Gasteiger charge is 2.38. The number of benzene rings is 2. The van der Waals surface area contributed by atoms with Crippen LogP contribution in [0, 0.1) is 6.42 Å². The number of halogens is 7. The molecule has 0 saturated carbocycles. The van der Waals surface area contributed by atoms with Gasteiger partial charge in [0.2, 0.25) is 0 Å². The van der Waals surface area contributed by atoms with Crippen LogP contribution in [0.4, 0.5) is 26.3 Å². The molecule has 1 amide bonds. The second-order valence-corrected chi connectivity index (χ2v) is 7.53. The Balaban J connectivity index is 1.93. The lowest BCUT2D eigenvalue weighted by atomic mass is 9.94. The predicted octanol–water partition coefficient (Wildman–Crippen LogP) is 6.43. The highest BCUT2D eigenvalue weighted by molar-refractivity contribution is 6.30. The number of nitrogens with zero attached hydrogens (tertiary/aromatic N) is 1. The molecule has 0 aliphatic carbocycles. The first-order valence-electron chi connectivity index (χ1n) is 9.11. The molecule has 1 aliphatic heterocycles. The Morgan fingerprint density at radius 1 is 0.967 bits per heavy atom. The van der Waals surface area contributed by atoms with Crippen molar-refractivity contribution in [1.29, 1.82) is 0 Å². The highest BCUT2D eigenvalue weighted by Crippen LogP contribution is 2.37. The molecule has 1 saturated heterocycles. The third-order valence-corrected chi connectivity index (χ3v) is 5.19. The maximum Gasteiger partial charge on any atom is 0.416 e. The number of carbonyl (C=O) groups is 1. The first-order chi connectivity index (χ1) is 13.9. The maximum atomic E-state index is 13.1. The fourth-order valence-electron chi connectivity index (χ4n) is 3.45. The second kappa shape index (κ2) is 8.49. The molecule has 1 atom stereocenters. The van der Waals surface area contributed by atoms with Crippen LogP contribution in [-0.2, 0) is 18.8 Å². The lowest BCUT2D eigenvalue weighted by molar-refractivity contribution is -0.143. The van der Waals surface area contributed by atoms with Gasteiger partial charge in [-0.15, -0.1) is 0 Å². The van der Waals surface area contributed by atoms with Crippen molar-refractivity contribution in [2.75, 3.05) is 6.54 Å². The number of alkyl halides is 6. The van der Waals surface area contributed by atoms with E-state index in [0.29, 0.717) is 36.4 Å². The fourth-order valence-corrected chi connectivity index (χ4v) is 3.57. The molecular weight excluding hydrogens is 432 g/mol. The minimum Gasteiger partial charge on any atom is -0.335 e. The van der Waals surface area contributed by atoms with Crippen LogP contribution in [0.3, 0.4) is 0 Å². The van der Waals surface area contributed by atoms with Crippen molar-refractivity contribution in [2.45, 2.75) is 37.7 Å². The van der Waals surface area contributed by atoms with Gasteiger partial charge in [0, 0.05) is 23.2 Å². The maximum absolute atomic E-state index is 13.1. The smallest absolute Gasteiger partial charge is 0.335 e. The molecule has 0 aromatic heterocycles.